The van der Waals surface area contributed by atoms with E-state index in [0.29, 0.717) is 23.4 Å². The van der Waals surface area contributed by atoms with Crippen molar-refractivity contribution >= 4 is 29.4 Å². The van der Waals surface area contributed by atoms with Crippen LogP contribution in [0.25, 0.3) is 6.08 Å². The Kier molecular flexibility index (Phi) is 8.27. The molecule has 0 heterocycles. The molecule has 7 heteroatoms. The molecule has 1 fully saturated rings. The molecule has 1 aliphatic carbocycles. The summed E-state index contributed by atoms with van der Waals surface area (Å²) in [5.74, 6) is -0.781. The Bertz CT molecular complexity index is 947. The number of benzene rings is 2. The van der Waals surface area contributed by atoms with Crippen molar-refractivity contribution in [3.8, 4) is 0 Å². The third-order valence-corrected chi connectivity index (χ3v) is 5.57. The number of nitrogens with two attached hydrogens (primary N) is 2. The van der Waals surface area contributed by atoms with Gasteiger partial charge in [-0.05, 0) is 67.2 Å². The lowest BCUT2D eigenvalue weighted by molar-refractivity contribution is -0.137. The van der Waals surface area contributed by atoms with Gasteiger partial charge in [0, 0.05) is 31.0 Å². The van der Waals surface area contributed by atoms with Crippen LogP contribution < -0.4 is 11.5 Å². The number of carbonyl (C=O) groups is 2. The third kappa shape index (κ3) is 6.85. The van der Waals surface area contributed by atoms with E-state index in [0.717, 1.165) is 36.8 Å². The molecular weight excluding hydrogens is 408 g/mol. The van der Waals surface area contributed by atoms with E-state index in [2.05, 4.69) is 0 Å². The summed E-state index contributed by atoms with van der Waals surface area (Å²) in [7, 11) is 1.71. The zero-order valence-electron chi connectivity index (χ0n) is 18.3. The van der Waals surface area contributed by atoms with Crippen LogP contribution in [0.4, 0.5) is 11.4 Å². The fourth-order valence-electron chi connectivity index (χ4n) is 3.65. The van der Waals surface area contributed by atoms with Gasteiger partial charge >= 0.3 is 11.9 Å². The van der Waals surface area contributed by atoms with E-state index in [4.69, 9.17) is 25.7 Å². The maximum atomic E-state index is 12.4. The van der Waals surface area contributed by atoms with E-state index >= 15 is 0 Å². The molecule has 0 aromatic heterocycles. The second-order valence-electron chi connectivity index (χ2n) is 7.87. The SMILES string of the molecule is COC1CCC(OC(=O)c2ccc(/C=C/C(=O)OCCc3ccc(N)cc3N)cc2)CC1. The van der Waals surface area contributed by atoms with Gasteiger partial charge in [-0.25, -0.2) is 9.59 Å². The summed E-state index contributed by atoms with van der Waals surface area (Å²) in [6.07, 6.45) is 7.15. The number of hydrogen-bond acceptors (Lipinski definition) is 7. The fraction of sp³-hybridized carbons (Fsp3) is 0.360. The summed E-state index contributed by atoms with van der Waals surface area (Å²) in [6, 6.07) is 12.2. The van der Waals surface area contributed by atoms with E-state index in [1.807, 2.05) is 6.07 Å². The Morgan fingerprint density at radius 1 is 1.00 bits per heavy atom. The van der Waals surface area contributed by atoms with Crippen molar-refractivity contribution in [2.45, 2.75) is 44.3 Å². The van der Waals surface area contributed by atoms with Gasteiger partial charge in [0.15, 0.2) is 0 Å². The van der Waals surface area contributed by atoms with Crippen LogP contribution in [-0.4, -0.2) is 37.9 Å². The van der Waals surface area contributed by atoms with Crippen LogP contribution in [0.3, 0.4) is 0 Å². The lowest BCUT2D eigenvalue weighted by atomic mass is 9.95. The molecule has 170 valence electrons. The van der Waals surface area contributed by atoms with Crippen molar-refractivity contribution in [2.24, 2.45) is 0 Å². The average molecular weight is 439 g/mol. The van der Waals surface area contributed by atoms with E-state index in [-0.39, 0.29) is 24.8 Å². The first-order valence-electron chi connectivity index (χ1n) is 10.8. The van der Waals surface area contributed by atoms with Gasteiger partial charge in [0.05, 0.1) is 18.3 Å². The third-order valence-electron chi connectivity index (χ3n) is 5.57. The summed E-state index contributed by atoms with van der Waals surface area (Å²) in [5, 5.41) is 0. The molecule has 0 saturated heterocycles. The molecular formula is C25H30N2O5. The number of rotatable bonds is 8. The molecule has 3 rings (SSSR count). The standard InChI is InChI=1S/C25H30N2O5/c1-30-21-9-11-22(12-10-21)32-25(29)19-5-2-17(3-6-19)4-13-24(28)31-15-14-18-7-8-20(26)16-23(18)27/h2-8,13,16,21-22H,9-12,14-15,26-27H2,1H3/b13-4+. The van der Waals surface area contributed by atoms with Crippen LogP contribution in [0.15, 0.2) is 48.5 Å². The van der Waals surface area contributed by atoms with Gasteiger partial charge in [0.25, 0.3) is 0 Å². The lowest BCUT2D eigenvalue weighted by Crippen LogP contribution is -2.27. The second-order valence-corrected chi connectivity index (χ2v) is 7.87. The first-order valence-corrected chi connectivity index (χ1v) is 10.8. The van der Waals surface area contributed by atoms with Gasteiger partial charge in [-0.1, -0.05) is 18.2 Å². The van der Waals surface area contributed by atoms with Crippen LogP contribution in [0, 0.1) is 0 Å². The van der Waals surface area contributed by atoms with Crippen molar-refractivity contribution in [3.05, 3.63) is 65.2 Å². The summed E-state index contributed by atoms with van der Waals surface area (Å²) >= 11 is 0. The van der Waals surface area contributed by atoms with Gasteiger partial charge in [0.1, 0.15) is 6.10 Å². The van der Waals surface area contributed by atoms with E-state index < -0.39 is 5.97 Å². The molecule has 0 amide bonds. The van der Waals surface area contributed by atoms with Crippen LogP contribution in [0.1, 0.15) is 47.2 Å². The van der Waals surface area contributed by atoms with Gasteiger partial charge in [-0.3, -0.25) is 0 Å². The van der Waals surface area contributed by atoms with Gasteiger partial charge in [-0.2, -0.15) is 0 Å². The Balaban J connectivity index is 1.43. The van der Waals surface area contributed by atoms with E-state index in [1.165, 1.54) is 6.08 Å². The van der Waals surface area contributed by atoms with Crippen molar-refractivity contribution in [1.82, 2.24) is 0 Å². The van der Waals surface area contributed by atoms with Crippen LogP contribution >= 0.6 is 0 Å². The number of nitrogen functional groups attached to an aromatic ring is 2. The number of ether oxygens (including phenoxy) is 3. The Morgan fingerprint density at radius 3 is 2.34 bits per heavy atom. The molecule has 0 bridgehead atoms. The number of hydrogen-bond donors (Lipinski definition) is 2. The quantitative estimate of drug-likeness (QED) is 0.366. The van der Waals surface area contributed by atoms with Gasteiger partial charge in [-0.15, -0.1) is 0 Å². The predicted octanol–water partition coefficient (Wildman–Crippen LogP) is 3.76. The van der Waals surface area contributed by atoms with Crippen molar-refractivity contribution in [3.63, 3.8) is 0 Å². The maximum absolute atomic E-state index is 12.4. The molecule has 0 radical (unpaired) electrons. The molecule has 0 aliphatic heterocycles. The highest BCUT2D eigenvalue weighted by atomic mass is 16.5. The number of anilines is 2. The summed E-state index contributed by atoms with van der Waals surface area (Å²) < 4.78 is 16.2. The highest BCUT2D eigenvalue weighted by molar-refractivity contribution is 5.90. The minimum Gasteiger partial charge on any atom is -0.462 e. The molecule has 4 N–H and O–H groups in total. The first-order chi connectivity index (χ1) is 15.4. The predicted molar refractivity (Wildman–Crippen MR) is 124 cm³/mol. The molecule has 0 unspecified atom stereocenters. The number of carbonyl (C=O) groups excluding carboxylic acids is 2. The molecule has 2 aromatic carbocycles. The normalized spacial score (nSPS) is 18.4. The molecule has 2 aromatic rings. The Labute approximate surface area is 188 Å². The molecule has 1 aliphatic rings. The molecule has 32 heavy (non-hydrogen) atoms. The highest BCUT2D eigenvalue weighted by Gasteiger charge is 2.24. The van der Waals surface area contributed by atoms with E-state index in [1.54, 1.807) is 49.6 Å². The zero-order chi connectivity index (χ0) is 22.9. The molecule has 7 nitrogen and oxygen atoms in total. The van der Waals surface area contributed by atoms with E-state index in [9.17, 15) is 9.59 Å². The molecule has 1 saturated carbocycles. The number of esters is 2. The summed E-state index contributed by atoms with van der Waals surface area (Å²) in [4.78, 5) is 24.3. The summed E-state index contributed by atoms with van der Waals surface area (Å²) in [6.45, 7) is 0.217. The Hall–Kier alpha value is -3.32. The van der Waals surface area contributed by atoms with Gasteiger partial charge < -0.3 is 25.7 Å². The van der Waals surface area contributed by atoms with Crippen molar-refractivity contribution < 1.29 is 23.8 Å². The largest absolute Gasteiger partial charge is 0.462 e. The van der Waals surface area contributed by atoms with Crippen LogP contribution in [0.2, 0.25) is 0 Å². The van der Waals surface area contributed by atoms with Crippen molar-refractivity contribution in [2.75, 3.05) is 25.2 Å². The first kappa shape index (κ1) is 23.3. The fourth-order valence-corrected chi connectivity index (χ4v) is 3.65. The molecule has 0 atom stereocenters. The zero-order valence-corrected chi connectivity index (χ0v) is 18.3. The highest BCUT2D eigenvalue weighted by Crippen LogP contribution is 2.24. The Morgan fingerprint density at radius 2 is 1.69 bits per heavy atom. The number of methoxy groups -OCH3 is 1. The van der Waals surface area contributed by atoms with Crippen LogP contribution in [-0.2, 0) is 25.4 Å². The average Bonchev–Trinajstić information content (AvgIpc) is 2.80. The topological polar surface area (TPSA) is 114 Å². The smallest absolute Gasteiger partial charge is 0.338 e. The second kappa shape index (κ2) is 11.3. The lowest BCUT2D eigenvalue weighted by Gasteiger charge is -2.27. The van der Waals surface area contributed by atoms with Crippen molar-refractivity contribution in [1.29, 1.82) is 0 Å². The minimum absolute atomic E-state index is 0.0631. The molecule has 0 spiro atoms. The maximum Gasteiger partial charge on any atom is 0.338 e. The monoisotopic (exact) mass is 438 g/mol. The minimum atomic E-state index is -0.450. The van der Waals surface area contributed by atoms with Gasteiger partial charge in [0.2, 0.25) is 0 Å². The van der Waals surface area contributed by atoms with Crippen LogP contribution in [0.5, 0.6) is 0 Å². The summed E-state index contributed by atoms with van der Waals surface area (Å²) in [5.41, 5.74) is 14.9.